The molecular formula is C28H24Cl2N2O4. The predicted octanol–water partition coefficient (Wildman–Crippen LogP) is 4.90. The lowest BCUT2D eigenvalue weighted by Crippen LogP contribution is -2.52. The average molecular weight is 523 g/mol. The molecule has 6 nitrogen and oxygen atoms in total. The summed E-state index contributed by atoms with van der Waals surface area (Å²) < 4.78 is 0. The molecule has 184 valence electrons. The molecule has 0 spiro atoms. The van der Waals surface area contributed by atoms with Gasteiger partial charge in [0.2, 0.25) is 0 Å². The van der Waals surface area contributed by atoms with E-state index in [9.17, 15) is 19.2 Å². The molecule has 3 amide bonds. The zero-order valence-electron chi connectivity index (χ0n) is 19.8. The van der Waals surface area contributed by atoms with Crippen molar-refractivity contribution in [2.45, 2.75) is 20.3 Å². The van der Waals surface area contributed by atoms with Crippen molar-refractivity contribution in [2.75, 3.05) is 6.54 Å². The van der Waals surface area contributed by atoms with Crippen molar-refractivity contribution in [2.24, 2.45) is 35.5 Å². The van der Waals surface area contributed by atoms with Gasteiger partial charge in [-0.1, -0.05) is 47.5 Å². The Bertz CT molecular complexity index is 1350. The number of ketones is 1. The molecule has 3 fully saturated rings. The number of amides is 3. The second-order valence-electron chi connectivity index (χ2n) is 10.4. The number of halogens is 2. The van der Waals surface area contributed by atoms with Gasteiger partial charge in [-0.05, 0) is 79.3 Å². The topological polar surface area (TPSA) is 74.8 Å². The van der Waals surface area contributed by atoms with Gasteiger partial charge >= 0.3 is 0 Å². The summed E-state index contributed by atoms with van der Waals surface area (Å²) in [4.78, 5) is 54.7. The highest BCUT2D eigenvalue weighted by atomic mass is 35.5. The fraction of sp³-hybridized carbons (Fsp3) is 0.357. The van der Waals surface area contributed by atoms with Crippen molar-refractivity contribution in [3.05, 3.63) is 80.8 Å². The molecule has 1 saturated heterocycles. The van der Waals surface area contributed by atoms with Crippen LogP contribution < -0.4 is 0 Å². The minimum absolute atomic E-state index is 0.00188. The lowest BCUT2D eigenvalue weighted by molar-refractivity contribution is -0.154. The van der Waals surface area contributed by atoms with Gasteiger partial charge in [-0.2, -0.15) is 5.01 Å². The highest BCUT2D eigenvalue weighted by Gasteiger charge is 2.68. The number of aryl methyl sites for hydroxylation is 2. The van der Waals surface area contributed by atoms with Crippen LogP contribution in [0.3, 0.4) is 0 Å². The fourth-order valence-electron chi connectivity index (χ4n) is 6.36. The summed E-state index contributed by atoms with van der Waals surface area (Å²) in [5.41, 5.74) is 2.43. The van der Waals surface area contributed by atoms with Crippen LogP contribution in [-0.2, 0) is 9.59 Å². The summed E-state index contributed by atoms with van der Waals surface area (Å²) in [6.45, 7) is 3.37. The first-order valence-electron chi connectivity index (χ1n) is 12.1. The summed E-state index contributed by atoms with van der Waals surface area (Å²) in [5.74, 6) is -2.06. The van der Waals surface area contributed by atoms with E-state index >= 15 is 0 Å². The van der Waals surface area contributed by atoms with Crippen LogP contribution >= 0.6 is 23.2 Å². The molecule has 0 radical (unpaired) electrons. The summed E-state index contributed by atoms with van der Waals surface area (Å²) in [6.07, 6.45) is 5.17. The molecule has 0 unspecified atom stereocenters. The predicted molar refractivity (Wildman–Crippen MR) is 134 cm³/mol. The molecule has 2 saturated carbocycles. The Morgan fingerprint density at radius 3 is 2.14 bits per heavy atom. The molecule has 0 aromatic heterocycles. The molecule has 1 aliphatic heterocycles. The summed E-state index contributed by atoms with van der Waals surface area (Å²) in [6, 6.07) is 9.65. The molecule has 1 heterocycles. The van der Waals surface area contributed by atoms with Crippen molar-refractivity contribution in [3.63, 3.8) is 0 Å². The summed E-state index contributed by atoms with van der Waals surface area (Å²) in [5, 5.41) is 2.34. The zero-order valence-corrected chi connectivity index (χ0v) is 21.3. The molecule has 4 aliphatic carbocycles. The van der Waals surface area contributed by atoms with Gasteiger partial charge in [0.1, 0.15) is 6.54 Å². The Hall–Kier alpha value is -2.96. The van der Waals surface area contributed by atoms with Crippen LogP contribution in [0.15, 0.2) is 48.6 Å². The number of carbonyl (C=O) groups excluding carboxylic acids is 4. The van der Waals surface area contributed by atoms with Gasteiger partial charge in [0.25, 0.3) is 17.7 Å². The molecule has 2 bridgehead atoms. The fourth-order valence-corrected chi connectivity index (χ4v) is 6.85. The van der Waals surface area contributed by atoms with E-state index in [0.717, 1.165) is 27.6 Å². The number of Topliss-reactive ketones (excluding diaryl/α,β-unsaturated/α-hetero) is 1. The number of benzene rings is 2. The van der Waals surface area contributed by atoms with Crippen molar-refractivity contribution in [1.29, 1.82) is 0 Å². The van der Waals surface area contributed by atoms with Crippen molar-refractivity contribution in [1.82, 2.24) is 10.0 Å². The molecule has 2 aromatic carbocycles. The molecule has 0 N–H and O–H groups in total. The van der Waals surface area contributed by atoms with Gasteiger partial charge in [-0.25, -0.2) is 5.01 Å². The van der Waals surface area contributed by atoms with Crippen LogP contribution in [-0.4, -0.2) is 40.1 Å². The van der Waals surface area contributed by atoms with Crippen LogP contribution in [0.4, 0.5) is 0 Å². The Morgan fingerprint density at radius 2 is 1.56 bits per heavy atom. The SMILES string of the molecule is Cc1ccc(C(=O)CN(C(=O)c2ccc(Cl)cc2Cl)N2C(=O)[C@@H]3[C@H]4C=C[C@@H]([C@@H]5C[C@H]45)[C@H]3C2=O)cc1C. The lowest BCUT2D eigenvalue weighted by atomic mass is 9.63. The van der Waals surface area contributed by atoms with E-state index < -0.39 is 36.1 Å². The first-order chi connectivity index (χ1) is 17.2. The van der Waals surface area contributed by atoms with Crippen molar-refractivity contribution >= 4 is 46.7 Å². The summed E-state index contributed by atoms with van der Waals surface area (Å²) >= 11 is 12.3. The standard InChI is InChI=1S/C28H24Cl2N2O4/c1-13-3-4-15(9-14(13)2)23(33)12-31(26(34)19-6-5-16(29)10-22(19)30)32-27(35)24-17-7-8-18(21-11-20(17)21)25(24)28(32)36/h3-10,17-18,20-21,24-25H,11-12H2,1-2H3/t17-,18-,20-,21+,24+,25+/m0/s1. The molecule has 36 heavy (non-hydrogen) atoms. The Labute approximate surface area is 218 Å². The largest absolute Gasteiger partial charge is 0.292 e. The maximum atomic E-state index is 13.8. The monoisotopic (exact) mass is 522 g/mol. The van der Waals surface area contributed by atoms with Gasteiger partial charge in [-0.3, -0.25) is 19.2 Å². The third kappa shape index (κ3) is 3.46. The second kappa shape index (κ2) is 8.29. The van der Waals surface area contributed by atoms with Gasteiger partial charge in [-0.15, -0.1) is 0 Å². The van der Waals surface area contributed by atoms with E-state index in [4.69, 9.17) is 23.2 Å². The minimum Gasteiger partial charge on any atom is -0.292 e. The first kappa shape index (κ1) is 23.4. The van der Waals surface area contributed by atoms with E-state index in [1.54, 1.807) is 12.1 Å². The maximum absolute atomic E-state index is 13.8. The molecule has 2 aromatic rings. The van der Waals surface area contributed by atoms with Gasteiger partial charge in [0.05, 0.1) is 22.4 Å². The van der Waals surface area contributed by atoms with Gasteiger partial charge in [0.15, 0.2) is 5.78 Å². The van der Waals surface area contributed by atoms with E-state index in [1.165, 1.54) is 18.2 Å². The Balaban J connectivity index is 1.38. The van der Waals surface area contributed by atoms with Crippen molar-refractivity contribution in [3.8, 4) is 0 Å². The van der Waals surface area contributed by atoms with Gasteiger partial charge in [0, 0.05) is 10.6 Å². The second-order valence-corrected chi connectivity index (χ2v) is 11.2. The smallest absolute Gasteiger partial charge is 0.274 e. The number of imide groups is 1. The highest BCUT2D eigenvalue weighted by molar-refractivity contribution is 6.36. The van der Waals surface area contributed by atoms with E-state index in [1.807, 2.05) is 19.9 Å². The quantitative estimate of drug-likeness (QED) is 0.318. The average Bonchev–Trinajstić information content (AvgIpc) is 3.62. The summed E-state index contributed by atoms with van der Waals surface area (Å²) in [7, 11) is 0. The lowest BCUT2D eigenvalue weighted by Gasteiger charge is -2.37. The van der Waals surface area contributed by atoms with E-state index in [0.29, 0.717) is 22.4 Å². The Morgan fingerprint density at radius 1 is 0.917 bits per heavy atom. The van der Waals surface area contributed by atoms with E-state index in [-0.39, 0.29) is 28.2 Å². The van der Waals surface area contributed by atoms with Gasteiger partial charge < -0.3 is 0 Å². The minimum atomic E-state index is -0.695. The third-order valence-corrected chi connectivity index (χ3v) is 8.95. The van der Waals surface area contributed by atoms with Crippen LogP contribution in [0.1, 0.15) is 38.3 Å². The molecule has 7 rings (SSSR count). The normalized spacial score (nSPS) is 29.3. The number of nitrogens with zero attached hydrogens (tertiary/aromatic N) is 2. The van der Waals surface area contributed by atoms with Crippen LogP contribution in [0.25, 0.3) is 0 Å². The molecular weight excluding hydrogens is 499 g/mol. The molecule has 5 aliphatic rings. The maximum Gasteiger partial charge on any atom is 0.274 e. The van der Waals surface area contributed by atoms with Crippen LogP contribution in [0.5, 0.6) is 0 Å². The Kier molecular flexibility index (Phi) is 5.39. The highest BCUT2D eigenvalue weighted by Crippen LogP contribution is 2.65. The van der Waals surface area contributed by atoms with Crippen molar-refractivity contribution < 1.29 is 19.2 Å². The number of hydrogen-bond acceptors (Lipinski definition) is 4. The first-order valence-corrected chi connectivity index (χ1v) is 12.9. The third-order valence-electron chi connectivity index (χ3n) is 8.40. The number of hydrazine groups is 1. The number of hydrogen-bond donors (Lipinski definition) is 0. The van der Waals surface area contributed by atoms with E-state index in [2.05, 4.69) is 12.2 Å². The van der Waals surface area contributed by atoms with Crippen LogP contribution in [0.2, 0.25) is 10.0 Å². The number of rotatable bonds is 5. The zero-order chi connectivity index (χ0) is 25.5. The van der Waals surface area contributed by atoms with Crippen LogP contribution in [0, 0.1) is 49.4 Å². The number of carbonyl (C=O) groups is 4. The molecule has 8 heteroatoms. The molecule has 6 atom stereocenters. The number of allylic oxidation sites excluding steroid dienone is 2.